The fourth-order valence-corrected chi connectivity index (χ4v) is 4.33. The number of ketones is 1. The Hall–Kier alpha value is -3.22. The summed E-state index contributed by atoms with van der Waals surface area (Å²) in [6, 6.07) is 11.7. The number of hydrogen-bond donors (Lipinski definition) is 2. The SMILES string of the molecule is O=C(O)C(=O)C1CNc2ccc(C(=O)N3CCC(Cc4ccc(F)cc4)CC3)cc21. The number of fused-ring (bicyclic) bond motifs is 1. The smallest absolute Gasteiger partial charge is 0.372 e. The third-order valence-electron chi connectivity index (χ3n) is 6.04. The molecule has 156 valence electrons. The highest BCUT2D eigenvalue weighted by atomic mass is 19.1. The average molecular weight is 410 g/mol. The molecule has 0 radical (unpaired) electrons. The number of nitrogens with one attached hydrogen (secondary N) is 1. The number of benzene rings is 2. The van der Waals surface area contributed by atoms with Crippen molar-refractivity contribution in [3.63, 3.8) is 0 Å². The van der Waals surface area contributed by atoms with Gasteiger partial charge in [-0.25, -0.2) is 9.18 Å². The fourth-order valence-electron chi connectivity index (χ4n) is 4.33. The maximum Gasteiger partial charge on any atom is 0.372 e. The summed E-state index contributed by atoms with van der Waals surface area (Å²) in [6.45, 7) is 1.50. The molecule has 0 aromatic heterocycles. The maximum atomic E-state index is 13.1. The minimum absolute atomic E-state index is 0.105. The summed E-state index contributed by atoms with van der Waals surface area (Å²) in [5.74, 6) is -3.00. The van der Waals surface area contributed by atoms with Gasteiger partial charge in [-0.1, -0.05) is 12.1 Å². The molecule has 6 nitrogen and oxygen atoms in total. The van der Waals surface area contributed by atoms with Gasteiger partial charge in [0.15, 0.2) is 0 Å². The first-order valence-corrected chi connectivity index (χ1v) is 10.1. The molecule has 1 saturated heterocycles. The quantitative estimate of drug-likeness (QED) is 0.740. The van der Waals surface area contributed by atoms with Crippen LogP contribution in [-0.2, 0) is 16.0 Å². The topological polar surface area (TPSA) is 86.7 Å². The highest BCUT2D eigenvalue weighted by Crippen LogP contribution is 2.33. The lowest BCUT2D eigenvalue weighted by Gasteiger charge is -2.32. The zero-order valence-corrected chi connectivity index (χ0v) is 16.4. The Morgan fingerprint density at radius 3 is 2.43 bits per heavy atom. The van der Waals surface area contributed by atoms with Crippen LogP contribution in [0.15, 0.2) is 42.5 Å². The van der Waals surface area contributed by atoms with E-state index in [9.17, 15) is 18.8 Å². The predicted octanol–water partition coefficient (Wildman–Crippen LogP) is 3.08. The summed E-state index contributed by atoms with van der Waals surface area (Å²) < 4.78 is 13.1. The van der Waals surface area contributed by atoms with Gasteiger partial charge in [0.2, 0.25) is 5.78 Å². The zero-order chi connectivity index (χ0) is 21.3. The van der Waals surface area contributed by atoms with Crippen LogP contribution in [-0.4, -0.2) is 47.3 Å². The van der Waals surface area contributed by atoms with Gasteiger partial charge in [-0.3, -0.25) is 9.59 Å². The first-order valence-electron chi connectivity index (χ1n) is 10.1. The molecule has 30 heavy (non-hydrogen) atoms. The molecule has 7 heteroatoms. The number of rotatable bonds is 5. The monoisotopic (exact) mass is 410 g/mol. The minimum atomic E-state index is -1.46. The summed E-state index contributed by atoms with van der Waals surface area (Å²) in [4.78, 5) is 37.8. The van der Waals surface area contributed by atoms with E-state index in [1.165, 1.54) is 12.1 Å². The Balaban J connectivity index is 1.40. The number of piperidine rings is 1. The van der Waals surface area contributed by atoms with E-state index in [-0.39, 0.29) is 18.3 Å². The van der Waals surface area contributed by atoms with E-state index in [1.807, 2.05) is 0 Å². The Morgan fingerprint density at radius 1 is 1.07 bits per heavy atom. The number of nitrogens with zero attached hydrogens (tertiary/aromatic N) is 1. The van der Waals surface area contributed by atoms with Crippen molar-refractivity contribution in [3.8, 4) is 0 Å². The molecule has 1 unspecified atom stereocenters. The van der Waals surface area contributed by atoms with Crippen molar-refractivity contribution in [2.75, 3.05) is 25.0 Å². The van der Waals surface area contributed by atoms with Crippen LogP contribution in [0.5, 0.6) is 0 Å². The van der Waals surface area contributed by atoms with Crippen LogP contribution in [0.1, 0.15) is 40.2 Å². The summed E-state index contributed by atoms with van der Waals surface area (Å²) in [6.07, 6.45) is 2.61. The molecule has 0 saturated carbocycles. The van der Waals surface area contributed by atoms with Crippen molar-refractivity contribution in [3.05, 3.63) is 65.0 Å². The lowest BCUT2D eigenvalue weighted by Crippen LogP contribution is -2.39. The number of likely N-dealkylation sites (tertiary alicyclic amines) is 1. The van der Waals surface area contributed by atoms with Crippen LogP contribution in [0, 0.1) is 11.7 Å². The van der Waals surface area contributed by atoms with Gasteiger partial charge in [0.25, 0.3) is 5.91 Å². The Kier molecular flexibility index (Phi) is 5.53. The molecule has 2 aromatic carbocycles. The molecule has 2 heterocycles. The van der Waals surface area contributed by atoms with E-state index >= 15 is 0 Å². The highest BCUT2D eigenvalue weighted by molar-refractivity contribution is 6.35. The number of amides is 1. The number of hydrogen-bond acceptors (Lipinski definition) is 4. The van der Waals surface area contributed by atoms with Crippen LogP contribution >= 0.6 is 0 Å². The number of carboxylic acid groups (broad SMARTS) is 1. The molecule has 4 rings (SSSR count). The average Bonchev–Trinajstić information content (AvgIpc) is 3.18. The summed E-state index contributed by atoms with van der Waals surface area (Å²) in [5, 5.41) is 12.1. The van der Waals surface area contributed by atoms with Gasteiger partial charge in [-0.2, -0.15) is 0 Å². The molecule has 0 spiro atoms. The molecular formula is C23H23FN2O4. The molecule has 0 bridgehead atoms. The number of halogens is 1. The van der Waals surface area contributed by atoms with Crippen LogP contribution in [0.2, 0.25) is 0 Å². The van der Waals surface area contributed by atoms with E-state index in [1.54, 1.807) is 35.2 Å². The number of aliphatic carboxylic acids is 1. The van der Waals surface area contributed by atoms with E-state index in [4.69, 9.17) is 5.11 Å². The van der Waals surface area contributed by atoms with Crippen molar-refractivity contribution in [2.24, 2.45) is 5.92 Å². The third-order valence-corrected chi connectivity index (χ3v) is 6.04. The Bertz CT molecular complexity index is 981. The van der Waals surface area contributed by atoms with Crippen molar-refractivity contribution >= 4 is 23.3 Å². The molecule has 1 amide bonds. The predicted molar refractivity (Wildman–Crippen MR) is 109 cm³/mol. The standard InChI is InChI=1S/C23H23FN2O4/c24-17-4-1-14(2-5-17)11-15-7-9-26(10-8-15)22(28)16-3-6-20-18(12-16)19(13-25-20)21(27)23(29)30/h1-6,12,15,19,25H,7-11,13H2,(H,29,30). The Labute approximate surface area is 173 Å². The third kappa shape index (κ3) is 4.06. The molecule has 1 atom stereocenters. The van der Waals surface area contributed by atoms with E-state index in [0.29, 0.717) is 35.8 Å². The largest absolute Gasteiger partial charge is 0.475 e. The lowest BCUT2D eigenvalue weighted by molar-refractivity contribution is -0.149. The van der Waals surface area contributed by atoms with Gasteiger partial charge in [-0.05, 0) is 66.6 Å². The maximum absolute atomic E-state index is 13.1. The number of Topliss-reactive ketones (excluding diaryl/α,β-unsaturated/α-hetero) is 1. The normalized spacial score (nSPS) is 18.6. The second-order valence-electron chi connectivity index (χ2n) is 7.97. The number of carbonyl (C=O) groups excluding carboxylic acids is 2. The van der Waals surface area contributed by atoms with Crippen molar-refractivity contribution < 1.29 is 23.9 Å². The molecule has 2 aromatic rings. The molecule has 2 aliphatic heterocycles. The van der Waals surface area contributed by atoms with Gasteiger partial charge in [0, 0.05) is 30.9 Å². The molecule has 1 fully saturated rings. The number of anilines is 1. The van der Waals surface area contributed by atoms with Gasteiger partial charge in [0.05, 0.1) is 5.92 Å². The van der Waals surface area contributed by atoms with E-state index in [0.717, 1.165) is 24.8 Å². The lowest BCUT2D eigenvalue weighted by atomic mass is 9.89. The number of carboxylic acids is 1. The summed E-state index contributed by atoms with van der Waals surface area (Å²) in [7, 11) is 0. The Morgan fingerprint density at radius 2 is 1.77 bits per heavy atom. The second kappa shape index (κ2) is 8.26. The molecule has 0 aliphatic carbocycles. The van der Waals surface area contributed by atoms with Crippen molar-refractivity contribution in [1.29, 1.82) is 0 Å². The molecular weight excluding hydrogens is 387 g/mol. The number of carbonyl (C=O) groups is 3. The van der Waals surface area contributed by atoms with Crippen molar-refractivity contribution in [2.45, 2.75) is 25.2 Å². The minimum Gasteiger partial charge on any atom is -0.475 e. The first kappa shape index (κ1) is 20.1. The van der Waals surface area contributed by atoms with Crippen LogP contribution < -0.4 is 5.32 Å². The zero-order valence-electron chi connectivity index (χ0n) is 16.4. The summed E-state index contributed by atoms with van der Waals surface area (Å²) in [5.41, 5.74) is 2.84. The van der Waals surface area contributed by atoms with Gasteiger partial charge in [0.1, 0.15) is 5.82 Å². The van der Waals surface area contributed by atoms with Crippen molar-refractivity contribution in [1.82, 2.24) is 4.90 Å². The van der Waals surface area contributed by atoms with Crippen LogP contribution in [0.25, 0.3) is 0 Å². The van der Waals surface area contributed by atoms with E-state index < -0.39 is 17.7 Å². The summed E-state index contributed by atoms with van der Waals surface area (Å²) >= 11 is 0. The van der Waals surface area contributed by atoms with Gasteiger partial charge >= 0.3 is 5.97 Å². The molecule has 2 aliphatic rings. The van der Waals surface area contributed by atoms with Crippen LogP contribution in [0.3, 0.4) is 0 Å². The second-order valence-corrected chi connectivity index (χ2v) is 7.97. The highest BCUT2D eigenvalue weighted by Gasteiger charge is 2.33. The molecule has 2 N–H and O–H groups in total. The van der Waals surface area contributed by atoms with Gasteiger partial charge in [-0.15, -0.1) is 0 Å². The fraction of sp³-hybridized carbons (Fsp3) is 0.348. The van der Waals surface area contributed by atoms with E-state index in [2.05, 4.69) is 5.32 Å². The first-order chi connectivity index (χ1) is 14.4. The van der Waals surface area contributed by atoms with Gasteiger partial charge < -0.3 is 15.3 Å². The van der Waals surface area contributed by atoms with Crippen LogP contribution in [0.4, 0.5) is 10.1 Å².